The Morgan fingerprint density at radius 1 is 0.382 bits per heavy atom. The number of carbonyl (C=O) groups is 2. The van der Waals surface area contributed by atoms with E-state index in [4.69, 9.17) is 56.8 Å². The van der Waals surface area contributed by atoms with Crippen molar-refractivity contribution in [2.24, 2.45) is 0 Å². The molecule has 14 heteroatoms. The third-order valence-electron chi connectivity index (χ3n) is 7.60. The first-order valence-corrected chi connectivity index (χ1v) is 18.9. The normalized spacial score (nSPS) is 10.8. The van der Waals surface area contributed by atoms with E-state index in [0.717, 1.165) is 0 Å². The smallest absolute Gasteiger partial charge is 0.378 e. The van der Waals surface area contributed by atoms with Crippen LogP contribution in [0.3, 0.4) is 0 Å². The Hall–Kier alpha value is -5.14. The number of hydrogen-bond acceptors (Lipinski definition) is 14. The van der Waals surface area contributed by atoms with E-state index in [2.05, 4.69) is 13.2 Å². The van der Waals surface area contributed by atoms with Crippen molar-refractivity contribution in [3.63, 3.8) is 0 Å². The van der Waals surface area contributed by atoms with E-state index >= 15 is 0 Å². The summed E-state index contributed by atoms with van der Waals surface area (Å²) in [5, 5.41) is 0. The maximum atomic E-state index is 13.3. The number of benzene rings is 2. The van der Waals surface area contributed by atoms with Gasteiger partial charge in [0.15, 0.2) is 34.5 Å². The van der Waals surface area contributed by atoms with Gasteiger partial charge in [0.25, 0.3) is 0 Å². The van der Waals surface area contributed by atoms with Gasteiger partial charge in [0.1, 0.15) is 0 Å². The average molecular weight is 777 g/mol. The van der Waals surface area contributed by atoms with Gasteiger partial charge in [-0.15, -0.1) is 0 Å². The first-order chi connectivity index (χ1) is 26.3. The second-order valence-corrected chi connectivity index (χ2v) is 11.6. The van der Waals surface area contributed by atoms with Gasteiger partial charge in [0, 0.05) is 5.41 Å². The fourth-order valence-electron chi connectivity index (χ4n) is 5.72. The van der Waals surface area contributed by atoms with Crippen molar-refractivity contribution >= 4 is 11.9 Å². The molecule has 0 saturated carbocycles. The molecule has 0 heterocycles. The number of carbonyl (C=O) groups excluding carboxylic acids is 2. The summed E-state index contributed by atoms with van der Waals surface area (Å²) in [6.45, 7) is 30.7. The highest BCUT2D eigenvalue weighted by Gasteiger charge is 2.45. The molecule has 0 radical (unpaired) electrons. The van der Waals surface area contributed by atoms with Crippen LogP contribution in [0.15, 0.2) is 24.7 Å². The molecule has 0 bridgehead atoms. The third kappa shape index (κ3) is 10.5. The van der Waals surface area contributed by atoms with Crippen LogP contribution in [0.5, 0.6) is 57.5 Å². The standard InChI is InChI=1S/C41H60O14/c1-15-44-25(11)39(42)54-37-33(50-21-7)29(46-17-3)27(30(47-18-4)34(37)51-22-8)41(13,14)28-31(48-19-5)35(52-23-9)38(55-40(43)26(12)45-16-2)36(53-24-10)32(28)49-20-6/h11-12,15-24H2,1-10,13-14H3. The van der Waals surface area contributed by atoms with Gasteiger partial charge in [-0.05, 0) is 82.4 Å². The quantitative estimate of drug-likeness (QED) is 0.0392. The van der Waals surface area contributed by atoms with Crippen molar-refractivity contribution in [1.82, 2.24) is 0 Å². The monoisotopic (exact) mass is 776 g/mol. The van der Waals surface area contributed by atoms with Crippen LogP contribution in [-0.4, -0.2) is 78.0 Å². The minimum absolute atomic E-state index is 0.0722. The minimum atomic E-state index is -1.24. The molecular formula is C41H60O14. The molecule has 0 fully saturated rings. The Kier molecular flexibility index (Phi) is 18.6. The van der Waals surface area contributed by atoms with Crippen molar-refractivity contribution < 1.29 is 66.4 Å². The number of esters is 2. The van der Waals surface area contributed by atoms with Crippen LogP contribution in [0.2, 0.25) is 0 Å². The molecule has 2 aromatic rings. The molecule has 308 valence electrons. The van der Waals surface area contributed by atoms with E-state index in [9.17, 15) is 9.59 Å². The number of hydrogen-bond donors (Lipinski definition) is 0. The topological polar surface area (TPSA) is 145 Å². The summed E-state index contributed by atoms with van der Waals surface area (Å²) in [5.74, 6) is -1.28. The van der Waals surface area contributed by atoms with Crippen LogP contribution in [0, 0.1) is 0 Å². The summed E-state index contributed by atoms with van der Waals surface area (Å²) >= 11 is 0. The second-order valence-electron chi connectivity index (χ2n) is 11.6. The third-order valence-corrected chi connectivity index (χ3v) is 7.60. The Bertz CT molecular complexity index is 1440. The molecule has 2 aromatic carbocycles. The Labute approximate surface area is 325 Å². The summed E-state index contributed by atoms with van der Waals surface area (Å²) in [4.78, 5) is 26.7. The average Bonchev–Trinajstić information content (AvgIpc) is 3.14. The van der Waals surface area contributed by atoms with E-state index in [1.807, 2.05) is 41.5 Å². The van der Waals surface area contributed by atoms with Gasteiger partial charge in [0.05, 0.1) is 77.2 Å². The molecule has 0 saturated heterocycles. The highest BCUT2D eigenvalue weighted by atomic mass is 16.6. The SMILES string of the molecule is C=C(OCC)C(=O)Oc1c(OCC)c(OCC)c(C(C)(C)c2c(OCC)c(OCC)c(OC(=O)C(=C)OCC)c(OCC)c2OCC)c(OCC)c1OCC. The van der Waals surface area contributed by atoms with Gasteiger partial charge in [-0.3, -0.25) is 0 Å². The predicted octanol–water partition coefficient (Wildman–Crippen LogP) is 8.11. The van der Waals surface area contributed by atoms with Crippen molar-refractivity contribution in [1.29, 1.82) is 0 Å². The lowest BCUT2D eigenvalue weighted by Crippen LogP contribution is -2.26. The van der Waals surface area contributed by atoms with Crippen molar-refractivity contribution in [2.75, 3.05) is 66.1 Å². The summed E-state index contributed by atoms with van der Waals surface area (Å²) in [6, 6.07) is 0. The Morgan fingerprint density at radius 2 is 0.600 bits per heavy atom. The second kappa shape index (κ2) is 22.3. The molecule has 0 aliphatic heterocycles. The molecule has 0 unspecified atom stereocenters. The largest absolute Gasteiger partial charge is 0.489 e. The summed E-state index contributed by atoms with van der Waals surface area (Å²) in [6.07, 6.45) is 0. The number of ether oxygens (including phenoxy) is 12. The van der Waals surface area contributed by atoms with Gasteiger partial charge in [0.2, 0.25) is 34.5 Å². The fourth-order valence-corrected chi connectivity index (χ4v) is 5.72. The van der Waals surface area contributed by atoms with E-state index in [0.29, 0.717) is 11.1 Å². The molecule has 0 spiro atoms. The molecule has 0 aliphatic rings. The first kappa shape index (κ1) is 46.0. The minimum Gasteiger partial charge on any atom is -0.489 e. The van der Waals surface area contributed by atoms with E-state index in [-0.39, 0.29) is 135 Å². The zero-order valence-corrected chi connectivity index (χ0v) is 34.7. The zero-order chi connectivity index (χ0) is 41.3. The predicted molar refractivity (Wildman–Crippen MR) is 207 cm³/mol. The van der Waals surface area contributed by atoms with Crippen LogP contribution in [0.4, 0.5) is 0 Å². The number of rotatable bonds is 26. The van der Waals surface area contributed by atoms with Gasteiger partial charge in [-0.25, -0.2) is 9.59 Å². The highest BCUT2D eigenvalue weighted by molar-refractivity contribution is 5.91. The molecular weight excluding hydrogens is 716 g/mol. The van der Waals surface area contributed by atoms with Crippen LogP contribution in [-0.2, 0) is 24.5 Å². The van der Waals surface area contributed by atoms with Crippen LogP contribution < -0.4 is 47.4 Å². The lowest BCUT2D eigenvalue weighted by molar-refractivity contribution is -0.134. The van der Waals surface area contributed by atoms with Gasteiger partial charge in [-0.2, -0.15) is 0 Å². The summed E-state index contributed by atoms with van der Waals surface area (Å²) in [7, 11) is 0. The molecule has 14 nitrogen and oxygen atoms in total. The molecule has 0 atom stereocenters. The van der Waals surface area contributed by atoms with Crippen LogP contribution in [0.25, 0.3) is 0 Å². The Balaban J connectivity index is 3.42. The lowest BCUT2D eigenvalue weighted by Gasteiger charge is -2.36. The Morgan fingerprint density at radius 3 is 0.800 bits per heavy atom. The molecule has 0 amide bonds. The first-order valence-electron chi connectivity index (χ1n) is 18.9. The van der Waals surface area contributed by atoms with Crippen LogP contribution >= 0.6 is 0 Å². The molecule has 0 aromatic heterocycles. The maximum absolute atomic E-state index is 13.3. The fraction of sp³-hybridized carbons (Fsp3) is 0.561. The highest BCUT2D eigenvalue weighted by Crippen LogP contribution is 2.64. The van der Waals surface area contributed by atoms with E-state index in [1.165, 1.54) is 0 Å². The van der Waals surface area contributed by atoms with Crippen molar-refractivity contribution in [3.8, 4) is 57.5 Å². The van der Waals surface area contributed by atoms with E-state index in [1.54, 1.807) is 41.5 Å². The molecule has 55 heavy (non-hydrogen) atoms. The summed E-state index contributed by atoms with van der Waals surface area (Å²) in [5.41, 5.74) is -0.394. The van der Waals surface area contributed by atoms with Gasteiger partial charge < -0.3 is 56.8 Å². The molecule has 0 aliphatic carbocycles. The van der Waals surface area contributed by atoms with Gasteiger partial charge >= 0.3 is 11.9 Å². The molecule has 2 rings (SSSR count). The van der Waals surface area contributed by atoms with Crippen molar-refractivity contribution in [3.05, 3.63) is 35.8 Å². The van der Waals surface area contributed by atoms with Gasteiger partial charge in [-0.1, -0.05) is 13.8 Å². The van der Waals surface area contributed by atoms with Crippen LogP contribution in [0.1, 0.15) is 94.2 Å². The molecule has 0 N–H and O–H groups in total. The summed E-state index contributed by atoms with van der Waals surface area (Å²) < 4.78 is 73.2. The lowest BCUT2D eigenvalue weighted by atomic mass is 9.75. The van der Waals surface area contributed by atoms with E-state index < -0.39 is 17.4 Å². The maximum Gasteiger partial charge on any atom is 0.378 e. The van der Waals surface area contributed by atoms with Crippen molar-refractivity contribution in [2.45, 2.75) is 88.5 Å². The zero-order valence-electron chi connectivity index (χ0n) is 34.7.